The van der Waals surface area contributed by atoms with Gasteiger partial charge in [-0.05, 0) is 92.9 Å². The average molecular weight is 690 g/mol. The van der Waals surface area contributed by atoms with Crippen molar-refractivity contribution in [3.05, 3.63) is 212 Å². The highest BCUT2D eigenvalue weighted by molar-refractivity contribution is 6.19. The van der Waals surface area contributed by atoms with Gasteiger partial charge in [0.05, 0.1) is 5.69 Å². The minimum absolute atomic E-state index is 0.892. The van der Waals surface area contributed by atoms with Gasteiger partial charge in [-0.3, -0.25) is 0 Å². The molecule has 0 amide bonds. The van der Waals surface area contributed by atoms with Crippen molar-refractivity contribution < 1.29 is 4.42 Å². The van der Waals surface area contributed by atoms with E-state index >= 15 is 0 Å². The van der Waals surface area contributed by atoms with Crippen molar-refractivity contribution >= 4 is 49.8 Å². The Bertz CT molecular complexity index is 2890. The summed E-state index contributed by atoms with van der Waals surface area (Å²) in [5, 5.41) is 4.57. The molecule has 2 heteroatoms. The summed E-state index contributed by atoms with van der Waals surface area (Å²) in [4.78, 5) is 2.36. The lowest BCUT2D eigenvalue weighted by Gasteiger charge is -2.28. The first-order valence-electron chi connectivity index (χ1n) is 18.4. The largest absolute Gasteiger partial charge is 0.455 e. The Morgan fingerprint density at radius 1 is 0.296 bits per heavy atom. The van der Waals surface area contributed by atoms with E-state index in [2.05, 4.69) is 217 Å². The van der Waals surface area contributed by atoms with Crippen LogP contribution < -0.4 is 4.90 Å². The number of rotatable bonds is 7. The molecule has 0 unspecified atom stereocenters. The number of para-hydroxylation sites is 1. The van der Waals surface area contributed by atoms with Crippen LogP contribution in [0.3, 0.4) is 0 Å². The van der Waals surface area contributed by atoms with E-state index in [1.165, 1.54) is 38.8 Å². The molecular formula is C52H35NO. The minimum Gasteiger partial charge on any atom is -0.455 e. The third-order valence-corrected chi connectivity index (χ3v) is 10.5. The molecule has 0 aliphatic carbocycles. The molecule has 1 heterocycles. The van der Waals surface area contributed by atoms with E-state index < -0.39 is 0 Å². The fourth-order valence-electron chi connectivity index (χ4n) is 7.83. The molecule has 0 radical (unpaired) electrons. The Balaban J connectivity index is 1.08. The molecule has 1 aromatic heterocycles. The monoisotopic (exact) mass is 689 g/mol. The smallest absolute Gasteiger partial charge is 0.143 e. The Morgan fingerprint density at radius 3 is 1.43 bits per heavy atom. The van der Waals surface area contributed by atoms with Crippen LogP contribution >= 0.6 is 0 Å². The number of fused-ring (bicyclic) bond motifs is 5. The highest BCUT2D eigenvalue weighted by atomic mass is 16.3. The van der Waals surface area contributed by atoms with Gasteiger partial charge in [-0.1, -0.05) is 164 Å². The van der Waals surface area contributed by atoms with Gasteiger partial charge < -0.3 is 9.32 Å². The maximum Gasteiger partial charge on any atom is 0.143 e. The van der Waals surface area contributed by atoms with Crippen molar-refractivity contribution in [3.63, 3.8) is 0 Å². The van der Waals surface area contributed by atoms with Gasteiger partial charge in [0.2, 0.25) is 0 Å². The molecule has 0 aliphatic heterocycles. The van der Waals surface area contributed by atoms with Crippen LogP contribution in [0.2, 0.25) is 0 Å². The number of benzene rings is 9. The number of nitrogens with zero attached hydrogens (tertiary/aromatic N) is 1. The normalized spacial score (nSPS) is 11.3. The molecule has 10 aromatic rings. The molecule has 0 saturated heterocycles. The van der Waals surface area contributed by atoms with Crippen molar-refractivity contribution in [1.82, 2.24) is 0 Å². The lowest BCUT2D eigenvalue weighted by atomic mass is 9.95. The molecule has 0 saturated carbocycles. The summed E-state index contributed by atoms with van der Waals surface area (Å²) in [7, 11) is 0. The predicted molar refractivity (Wildman–Crippen MR) is 228 cm³/mol. The summed E-state index contributed by atoms with van der Waals surface area (Å²) < 4.78 is 6.57. The second-order valence-electron chi connectivity index (χ2n) is 13.7. The summed E-state index contributed by atoms with van der Waals surface area (Å²) >= 11 is 0. The molecular weight excluding hydrogens is 655 g/mol. The standard InChI is InChI=1S/C52H35NO/c1-4-14-36(15-5-1)37-24-29-42(30-25-37)53(50-23-13-12-20-44(50)39-16-6-2-7-17-39)43-31-26-38(27-32-43)41-28-33-51-48(34-41)49-35-47(40-18-8-3-9-19-40)45-21-10-11-22-46(45)52(49)54-51/h1-35H. The van der Waals surface area contributed by atoms with Crippen LogP contribution in [0.4, 0.5) is 17.1 Å². The first kappa shape index (κ1) is 31.6. The number of furan rings is 1. The van der Waals surface area contributed by atoms with E-state index in [1.807, 2.05) is 0 Å². The molecule has 54 heavy (non-hydrogen) atoms. The third kappa shape index (κ3) is 5.62. The second kappa shape index (κ2) is 13.4. The highest BCUT2D eigenvalue weighted by Crippen LogP contribution is 2.43. The maximum atomic E-state index is 6.57. The first-order valence-corrected chi connectivity index (χ1v) is 18.4. The Morgan fingerprint density at radius 2 is 0.778 bits per heavy atom. The van der Waals surface area contributed by atoms with Gasteiger partial charge in [0, 0.05) is 33.1 Å². The van der Waals surface area contributed by atoms with Gasteiger partial charge >= 0.3 is 0 Å². The molecule has 0 N–H and O–H groups in total. The molecule has 0 atom stereocenters. The molecule has 254 valence electrons. The van der Waals surface area contributed by atoms with Crippen LogP contribution in [0.5, 0.6) is 0 Å². The van der Waals surface area contributed by atoms with Gasteiger partial charge in [0.25, 0.3) is 0 Å². The maximum absolute atomic E-state index is 6.57. The quantitative estimate of drug-likeness (QED) is 0.166. The molecule has 10 rings (SSSR count). The van der Waals surface area contributed by atoms with E-state index in [9.17, 15) is 0 Å². The minimum atomic E-state index is 0.892. The summed E-state index contributed by atoms with van der Waals surface area (Å²) in [5.74, 6) is 0. The van der Waals surface area contributed by atoms with Crippen LogP contribution in [-0.2, 0) is 0 Å². The van der Waals surface area contributed by atoms with Crippen LogP contribution in [0.15, 0.2) is 217 Å². The topological polar surface area (TPSA) is 16.4 Å². The van der Waals surface area contributed by atoms with Crippen LogP contribution in [-0.4, -0.2) is 0 Å². The van der Waals surface area contributed by atoms with Crippen LogP contribution in [0.1, 0.15) is 0 Å². The van der Waals surface area contributed by atoms with E-state index in [-0.39, 0.29) is 0 Å². The lowest BCUT2D eigenvalue weighted by Crippen LogP contribution is -2.11. The lowest BCUT2D eigenvalue weighted by molar-refractivity contribution is 0.673. The van der Waals surface area contributed by atoms with Gasteiger partial charge in [-0.15, -0.1) is 0 Å². The van der Waals surface area contributed by atoms with Crippen molar-refractivity contribution in [3.8, 4) is 44.5 Å². The summed E-state index contributed by atoms with van der Waals surface area (Å²) in [5.41, 5.74) is 14.6. The highest BCUT2D eigenvalue weighted by Gasteiger charge is 2.19. The fraction of sp³-hybridized carbons (Fsp3) is 0. The SMILES string of the molecule is c1ccc(-c2ccc(N(c3ccc(-c4ccc5oc6c7ccccc7c(-c7ccccc7)cc6c5c4)cc3)c3ccccc3-c3ccccc3)cc2)cc1. The zero-order valence-electron chi connectivity index (χ0n) is 29.6. The number of anilines is 3. The van der Waals surface area contributed by atoms with Crippen molar-refractivity contribution in [1.29, 1.82) is 0 Å². The number of hydrogen-bond donors (Lipinski definition) is 0. The number of hydrogen-bond acceptors (Lipinski definition) is 2. The van der Waals surface area contributed by atoms with Crippen molar-refractivity contribution in [2.75, 3.05) is 4.90 Å². The van der Waals surface area contributed by atoms with E-state index in [4.69, 9.17) is 4.42 Å². The van der Waals surface area contributed by atoms with Gasteiger partial charge in [0.1, 0.15) is 11.2 Å². The van der Waals surface area contributed by atoms with Crippen molar-refractivity contribution in [2.45, 2.75) is 0 Å². The van der Waals surface area contributed by atoms with Crippen LogP contribution in [0, 0.1) is 0 Å². The van der Waals surface area contributed by atoms with Crippen molar-refractivity contribution in [2.24, 2.45) is 0 Å². The van der Waals surface area contributed by atoms with Gasteiger partial charge in [-0.25, -0.2) is 0 Å². The second-order valence-corrected chi connectivity index (χ2v) is 13.7. The summed E-state index contributed by atoms with van der Waals surface area (Å²) in [6, 6.07) is 75.7. The molecule has 9 aromatic carbocycles. The Labute approximate surface area is 314 Å². The van der Waals surface area contributed by atoms with Gasteiger partial charge in [-0.2, -0.15) is 0 Å². The third-order valence-electron chi connectivity index (χ3n) is 10.5. The Kier molecular flexibility index (Phi) is 7.85. The molecule has 0 bridgehead atoms. The fourth-order valence-corrected chi connectivity index (χ4v) is 7.83. The van der Waals surface area contributed by atoms with E-state index in [1.54, 1.807) is 0 Å². The average Bonchev–Trinajstić information content (AvgIpc) is 3.63. The molecule has 0 spiro atoms. The Hall–Kier alpha value is -7.16. The zero-order chi connectivity index (χ0) is 35.8. The zero-order valence-corrected chi connectivity index (χ0v) is 29.6. The predicted octanol–water partition coefficient (Wildman–Crippen LogP) is 14.9. The van der Waals surface area contributed by atoms with E-state index in [0.717, 1.165) is 55.5 Å². The molecule has 0 aliphatic rings. The van der Waals surface area contributed by atoms with Crippen LogP contribution in [0.25, 0.3) is 77.2 Å². The van der Waals surface area contributed by atoms with E-state index in [0.29, 0.717) is 0 Å². The molecule has 2 nitrogen and oxygen atoms in total. The van der Waals surface area contributed by atoms with Gasteiger partial charge in [0.15, 0.2) is 0 Å². The summed E-state index contributed by atoms with van der Waals surface area (Å²) in [6.07, 6.45) is 0. The molecule has 0 fully saturated rings. The first-order chi connectivity index (χ1) is 26.8. The summed E-state index contributed by atoms with van der Waals surface area (Å²) in [6.45, 7) is 0.